The maximum atomic E-state index is 12.7. The lowest BCUT2D eigenvalue weighted by Gasteiger charge is -2.27. The number of ether oxygens (including phenoxy) is 1. The molecule has 1 aliphatic rings. The zero-order valence-corrected chi connectivity index (χ0v) is 14.5. The summed E-state index contributed by atoms with van der Waals surface area (Å²) in [6.45, 7) is 4.06. The highest BCUT2D eigenvalue weighted by Gasteiger charge is 2.21. The highest BCUT2D eigenvalue weighted by Crippen LogP contribution is 2.22. The predicted molar refractivity (Wildman–Crippen MR) is 95.1 cm³/mol. The van der Waals surface area contributed by atoms with Gasteiger partial charge in [-0.2, -0.15) is 0 Å². The molecule has 0 spiro atoms. The average molecular weight is 360 g/mol. The molecule has 7 heteroatoms. The number of morpholine rings is 1. The van der Waals surface area contributed by atoms with Crippen LogP contribution in [0.1, 0.15) is 26.3 Å². The third-order valence-electron chi connectivity index (χ3n) is 4.10. The summed E-state index contributed by atoms with van der Waals surface area (Å²) in [4.78, 5) is 30.7. The van der Waals surface area contributed by atoms with E-state index in [0.717, 1.165) is 5.56 Å². The Bertz CT molecular complexity index is 804. The van der Waals surface area contributed by atoms with Crippen LogP contribution in [0.25, 0.3) is 0 Å². The predicted octanol–water partition coefficient (Wildman–Crippen LogP) is 2.77. The minimum atomic E-state index is -0.302. The number of halogens is 1. The maximum Gasteiger partial charge on any atom is 0.255 e. The number of nitrogens with one attached hydrogen (secondary N) is 1. The van der Waals surface area contributed by atoms with Gasteiger partial charge in [-0.1, -0.05) is 17.7 Å². The van der Waals surface area contributed by atoms with E-state index in [1.165, 1.54) is 12.3 Å². The first-order valence-corrected chi connectivity index (χ1v) is 8.33. The molecule has 3 rings (SSSR count). The van der Waals surface area contributed by atoms with Gasteiger partial charge in [-0.3, -0.25) is 9.59 Å². The summed E-state index contributed by atoms with van der Waals surface area (Å²) in [5.41, 5.74) is 2.31. The zero-order valence-electron chi connectivity index (χ0n) is 13.8. The number of hydrogen-bond acceptors (Lipinski definition) is 4. The van der Waals surface area contributed by atoms with E-state index in [9.17, 15) is 9.59 Å². The van der Waals surface area contributed by atoms with Crippen LogP contribution in [-0.2, 0) is 4.74 Å². The third-order valence-corrected chi connectivity index (χ3v) is 4.31. The maximum absolute atomic E-state index is 12.7. The molecule has 2 aromatic rings. The molecule has 0 atom stereocenters. The molecular weight excluding hydrogens is 342 g/mol. The number of benzene rings is 1. The lowest BCUT2D eigenvalue weighted by atomic mass is 10.0. The van der Waals surface area contributed by atoms with Crippen molar-refractivity contribution in [1.29, 1.82) is 0 Å². The monoisotopic (exact) mass is 359 g/mol. The molecule has 0 unspecified atom stereocenters. The third kappa shape index (κ3) is 3.97. The standard InChI is InChI=1S/C18H18ClN3O3/c1-12-14(18(24)22-7-9-25-10-8-22)3-2-4-15(12)21-17(23)13-5-6-20-16(19)11-13/h2-6,11H,7-10H2,1H3,(H,21,23). The van der Waals surface area contributed by atoms with Crippen LogP contribution in [0.3, 0.4) is 0 Å². The number of hydrogen-bond donors (Lipinski definition) is 1. The Balaban J connectivity index is 1.81. The molecule has 130 valence electrons. The van der Waals surface area contributed by atoms with Gasteiger partial charge in [-0.25, -0.2) is 4.98 Å². The van der Waals surface area contributed by atoms with Gasteiger partial charge in [0.15, 0.2) is 0 Å². The summed E-state index contributed by atoms with van der Waals surface area (Å²) in [6, 6.07) is 8.38. The molecule has 1 N–H and O–H groups in total. The summed E-state index contributed by atoms with van der Waals surface area (Å²) in [6.07, 6.45) is 1.47. The molecular formula is C18H18ClN3O3. The highest BCUT2D eigenvalue weighted by atomic mass is 35.5. The lowest BCUT2D eigenvalue weighted by molar-refractivity contribution is 0.0302. The number of amides is 2. The molecule has 0 aliphatic carbocycles. The van der Waals surface area contributed by atoms with Gasteiger partial charge in [-0.05, 0) is 36.8 Å². The number of carbonyl (C=O) groups excluding carboxylic acids is 2. The van der Waals surface area contributed by atoms with Gasteiger partial charge in [0.05, 0.1) is 13.2 Å². The van der Waals surface area contributed by atoms with Crippen LogP contribution in [0.4, 0.5) is 5.69 Å². The van der Waals surface area contributed by atoms with E-state index in [4.69, 9.17) is 16.3 Å². The van der Waals surface area contributed by atoms with E-state index in [0.29, 0.717) is 43.1 Å². The van der Waals surface area contributed by atoms with E-state index < -0.39 is 0 Å². The Morgan fingerprint density at radius 1 is 1.24 bits per heavy atom. The van der Waals surface area contributed by atoms with Gasteiger partial charge >= 0.3 is 0 Å². The van der Waals surface area contributed by atoms with Crippen LogP contribution in [0.2, 0.25) is 5.15 Å². The largest absolute Gasteiger partial charge is 0.378 e. The lowest BCUT2D eigenvalue weighted by Crippen LogP contribution is -2.41. The van der Waals surface area contributed by atoms with E-state index in [-0.39, 0.29) is 17.0 Å². The smallest absolute Gasteiger partial charge is 0.255 e. The van der Waals surface area contributed by atoms with Gasteiger partial charge in [0.1, 0.15) is 5.15 Å². The number of aromatic nitrogens is 1. The van der Waals surface area contributed by atoms with Crippen LogP contribution in [0, 0.1) is 6.92 Å². The van der Waals surface area contributed by atoms with Gasteiger partial charge < -0.3 is 15.0 Å². The van der Waals surface area contributed by atoms with Crippen molar-refractivity contribution in [1.82, 2.24) is 9.88 Å². The van der Waals surface area contributed by atoms with Gasteiger partial charge in [0.2, 0.25) is 0 Å². The van der Waals surface area contributed by atoms with E-state index >= 15 is 0 Å². The van der Waals surface area contributed by atoms with Crippen LogP contribution in [-0.4, -0.2) is 48.0 Å². The number of carbonyl (C=O) groups is 2. The number of nitrogens with zero attached hydrogens (tertiary/aromatic N) is 2. The Kier molecular flexibility index (Phi) is 5.31. The summed E-state index contributed by atoms with van der Waals surface area (Å²) >= 11 is 5.82. The molecule has 1 fully saturated rings. The Morgan fingerprint density at radius 2 is 2.00 bits per heavy atom. The van der Waals surface area contributed by atoms with E-state index in [1.807, 2.05) is 6.92 Å². The summed E-state index contributed by atoms with van der Waals surface area (Å²) in [7, 11) is 0. The average Bonchev–Trinajstić information content (AvgIpc) is 2.63. The SMILES string of the molecule is Cc1c(NC(=O)c2ccnc(Cl)c2)cccc1C(=O)N1CCOCC1. The molecule has 2 amide bonds. The first kappa shape index (κ1) is 17.4. The molecule has 25 heavy (non-hydrogen) atoms. The number of pyridine rings is 1. The molecule has 6 nitrogen and oxygen atoms in total. The van der Waals surface area contributed by atoms with Crippen LogP contribution in [0.5, 0.6) is 0 Å². The normalized spacial score (nSPS) is 14.2. The van der Waals surface area contributed by atoms with Crippen molar-refractivity contribution in [2.24, 2.45) is 0 Å². The molecule has 0 bridgehead atoms. The van der Waals surface area contributed by atoms with Crippen molar-refractivity contribution < 1.29 is 14.3 Å². The van der Waals surface area contributed by atoms with Crippen molar-refractivity contribution in [3.05, 3.63) is 58.4 Å². The van der Waals surface area contributed by atoms with Crippen LogP contribution >= 0.6 is 11.6 Å². The fraction of sp³-hybridized carbons (Fsp3) is 0.278. The summed E-state index contributed by atoms with van der Waals surface area (Å²) < 4.78 is 5.28. The topological polar surface area (TPSA) is 71.5 Å². The minimum absolute atomic E-state index is 0.0520. The van der Waals surface area contributed by atoms with Crippen molar-refractivity contribution in [2.75, 3.05) is 31.6 Å². The van der Waals surface area contributed by atoms with E-state index in [1.54, 1.807) is 29.2 Å². The quantitative estimate of drug-likeness (QED) is 0.855. The molecule has 0 saturated carbocycles. The Morgan fingerprint density at radius 3 is 2.72 bits per heavy atom. The second kappa shape index (κ2) is 7.63. The fourth-order valence-corrected chi connectivity index (χ4v) is 2.85. The minimum Gasteiger partial charge on any atom is -0.378 e. The zero-order chi connectivity index (χ0) is 17.8. The molecule has 1 aromatic carbocycles. The van der Waals surface area contributed by atoms with Gasteiger partial charge in [0.25, 0.3) is 11.8 Å². The Hall–Kier alpha value is -2.44. The second-order valence-electron chi connectivity index (χ2n) is 5.70. The van der Waals surface area contributed by atoms with Crippen molar-refractivity contribution in [2.45, 2.75) is 6.92 Å². The fourth-order valence-electron chi connectivity index (χ4n) is 2.68. The first-order valence-electron chi connectivity index (χ1n) is 7.96. The molecule has 1 aromatic heterocycles. The van der Waals surface area contributed by atoms with Gasteiger partial charge in [-0.15, -0.1) is 0 Å². The molecule has 2 heterocycles. The van der Waals surface area contributed by atoms with Crippen LogP contribution in [0.15, 0.2) is 36.5 Å². The number of rotatable bonds is 3. The molecule has 1 saturated heterocycles. The number of anilines is 1. The van der Waals surface area contributed by atoms with Crippen molar-refractivity contribution >= 4 is 29.1 Å². The highest BCUT2D eigenvalue weighted by molar-refractivity contribution is 6.29. The molecule has 1 aliphatic heterocycles. The van der Waals surface area contributed by atoms with Gasteiger partial charge in [0, 0.05) is 36.1 Å². The van der Waals surface area contributed by atoms with Crippen molar-refractivity contribution in [3.63, 3.8) is 0 Å². The first-order chi connectivity index (χ1) is 12.1. The van der Waals surface area contributed by atoms with Crippen LogP contribution < -0.4 is 5.32 Å². The summed E-state index contributed by atoms with van der Waals surface area (Å²) in [5, 5.41) is 3.08. The molecule has 0 radical (unpaired) electrons. The van der Waals surface area contributed by atoms with E-state index in [2.05, 4.69) is 10.3 Å². The summed E-state index contributed by atoms with van der Waals surface area (Å²) in [5.74, 6) is -0.354. The second-order valence-corrected chi connectivity index (χ2v) is 6.09. The van der Waals surface area contributed by atoms with Crippen molar-refractivity contribution in [3.8, 4) is 0 Å². The Labute approximate surface area is 150 Å².